The minimum Gasteiger partial charge on any atom is -0.457 e. The van der Waals surface area contributed by atoms with Crippen LogP contribution in [0.25, 0.3) is 0 Å². The van der Waals surface area contributed by atoms with E-state index in [9.17, 15) is 15.0 Å². The number of esters is 1. The lowest BCUT2D eigenvalue weighted by Crippen LogP contribution is -2.54. The highest BCUT2D eigenvalue weighted by Gasteiger charge is 2.80. The average molecular weight is 489 g/mol. The van der Waals surface area contributed by atoms with Crippen LogP contribution < -0.4 is 0 Å². The Morgan fingerprint density at radius 3 is 2.37 bits per heavy atom. The highest BCUT2D eigenvalue weighted by atomic mass is 16.6. The molecular formula is C30H48O5. The van der Waals surface area contributed by atoms with Crippen molar-refractivity contribution in [3.63, 3.8) is 0 Å². The van der Waals surface area contributed by atoms with Crippen LogP contribution in [0, 0.1) is 45.3 Å². The van der Waals surface area contributed by atoms with Gasteiger partial charge in [-0.05, 0) is 123 Å². The Labute approximate surface area is 211 Å². The van der Waals surface area contributed by atoms with E-state index in [4.69, 9.17) is 9.47 Å². The topological polar surface area (TPSA) is 76.0 Å². The summed E-state index contributed by atoms with van der Waals surface area (Å²) in [7, 11) is 0. The van der Waals surface area contributed by atoms with E-state index in [1.54, 1.807) is 13.8 Å². The van der Waals surface area contributed by atoms with Crippen molar-refractivity contribution < 1.29 is 24.5 Å². The van der Waals surface area contributed by atoms with Gasteiger partial charge in [0.1, 0.15) is 0 Å². The molecule has 0 aromatic heterocycles. The quantitative estimate of drug-likeness (QED) is 0.530. The molecule has 11 atom stereocenters. The Bertz CT molecular complexity index is 892. The molecule has 0 aromatic carbocycles. The monoisotopic (exact) mass is 488 g/mol. The van der Waals surface area contributed by atoms with Crippen molar-refractivity contribution in [3.05, 3.63) is 0 Å². The van der Waals surface area contributed by atoms with E-state index in [1.165, 1.54) is 45.4 Å². The number of fused-ring (bicyclic) bond motifs is 4. The maximum atomic E-state index is 11.8. The van der Waals surface area contributed by atoms with E-state index < -0.39 is 11.7 Å². The molecule has 0 bridgehead atoms. The molecule has 0 amide bonds. The van der Waals surface area contributed by atoms with Gasteiger partial charge in [-0.1, -0.05) is 20.8 Å². The molecule has 6 fully saturated rings. The molecule has 0 aromatic rings. The molecule has 5 nitrogen and oxygen atoms in total. The van der Waals surface area contributed by atoms with E-state index >= 15 is 0 Å². The number of aliphatic hydroxyl groups is 2. The lowest BCUT2D eigenvalue weighted by molar-refractivity contribution is -0.200. The fourth-order valence-corrected chi connectivity index (χ4v) is 11.3. The molecule has 1 heterocycles. The lowest BCUT2D eigenvalue weighted by atomic mass is 9.46. The smallest absolute Gasteiger partial charge is 0.303 e. The molecule has 6 rings (SSSR count). The summed E-state index contributed by atoms with van der Waals surface area (Å²) in [6.45, 7) is 12.1. The second kappa shape index (κ2) is 7.47. The van der Waals surface area contributed by atoms with Crippen molar-refractivity contribution in [1.82, 2.24) is 0 Å². The van der Waals surface area contributed by atoms with Gasteiger partial charge >= 0.3 is 5.97 Å². The molecule has 5 aliphatic carbocycles. The molecule has 198 valence electrons. The van der Waals surface area contributed by atoms with Crippen molar-refractivity contribution in [1.29, 1.82) is 0 Å². The molecule has 6 aliphatic rings. The zero-order valence-electron chi connectivity index (χ0n) is 22.8. The number of hydrogen-bond acceptors (Lipinski definition) is 5. The van der Waals surface area contributed by atoms with Crippen LogP contribution >= 0.6 is 0 Å². The van der Waals surface area contributed by atoms with E-state index in [2.05, 4.69) is 20.8 Å². The maximum Gasteiger partial charge on any atom is 0.303 e. The Balaban J connectivity index is 1.24. The second-order valence-corrected chi connectivity index (χ2v) is 15.0. The van der Waals surface area contributed by atoms with Crippen LogP contribution in [0.5, 0.6) is 0 Å². The highest BCUT2D eigenvalue weighted by Crippen LogP contribution is 2.87. The van der Waals surface area contributed by atoms with Crippen LogP contribution in [0.2, 0.25) is 0 Å². The van der Waals surface area contributed by atoms with E-state index in [-0.39, 0.29) is 29.7 Å². The lowest BCUT2D eigenvalue weighted by Gasteiger charge is -2.59. The molecule has 6 unspecified atom stereocenters. The number of ether oxygens (including phenoxy) is 2. The summed E-state index contributed by atoms with van der Waals surface area (Å²) in [5, 5.41) is 21.6. The van der Waals surface area contributed by atoms with Gasteiger partial charge in [-0.25, -0.2) is 0 Å². The van der Waals surface area contributed by atoms with Gasteiger partial charge in [0.15, 0.2) is 6.10 Å². The first-order valence-corrected chi connectivity index (χ1v) is 14.5. The zero-order valence-corrected chi connectivity index (χ0v) is 22.8. The van der Waals surface area contributed by atoms with Crippen molar-refractivity contribution in [2.75, 3.05) is 0 Å². The van der Waals surface area contributed by atoms with Crippen LogP contribution in [-0.2, 0) is 14.3 Å². The molecule has 2 N–H and O–H groups in total. The van der Waals surface area contributed by atoms with Crippen molar-refractivity contribution >= 4 is 5.97 Å². The van der Waals surface area contributed by atoms with Crippen molar-refractivity contribution in [2.24, 2.45) is 45.3 Å². The number of carbonyl (C=O) groups is 1. The van der Waals surface area contributed by atoms with Gasteiger partial charge in [-0.3, -0.25) is 4.79 Å². The first kappa shape index (κ1) is 24.7. The Morgan fingerprint density at radius 1 is 0.971 bits per heavy atom. The van der Waals surface area contributed by atoms with E-state index in [0.717, 1.165) is 31.6 Å². The van der Waals surface area contributed by atoms with Gasteiger partial charge in [0.05, 0.1) is 23.9 Å². The molecule has 35 heavy (non-hydrogen) atoms. The van der Waals surface area contributed by atoms with Gasteiger partial charge in [0.25, 0.3) is 0 Å². The normalized spacial score (nSPS) is 52.7. The summed E-state index contributed by atoms with van der Waals surface area (Å²) in [5.41, 5.74) is 0.212. The van der Waals surface area contributed by atoms with E-state index in [0.29, 0.717) is 34.0 Å². The van der Waals surface area contributed by atoms with Gasteiger partial charge in [0, 0.05) is 6.92 Å². The Morgan fingerprint density at radius 2 is 1.69 bits per heavy atom. The molecule has 0 radical (unpaired) electrons. The minimum atomic E-state index is -1.13. The predicted octanol–water partition coefficient (Wildman–Crippen LogP) is 5.26. The third-order valence-electron chi connectivity index (χ3n) is 12.9. The second-order valence-electron chi connectivity index (χ2n) is 15.0. The van der Waals surface area contributed by atoms with E-state index in [1.807, 2.05) is 0 Å². The fourth-order valence-electron chi connectivity index (χ4n) is 11.3. The van der Waals surface area contributed by atoms with Crippen LogP contribution in [0.15, 0.2) is 0 Å². The largest absolute Gasteiger partial charge is 0.457 e. The average Bonchev–Trinajstić information content (AvgIpc) is 3.34. The summed E-state index contributed by atoms with van der Waals surface area (Å²) in [6.07, 6.45) is 11.1. The standard InChI is InChI=1S/C30H48O5/c1-17(31)34-25(27(4,5)33)21-9-7-19-22(35-21)15-20-18-8-10-23-26(2,3)24(32)11-12-30(23)16-29(18,30)14-13-28(19,20)6/h18-25,32-33H,7-16H2,1-6H3/t18?,19?,20?,21-,22-,23?,24+,25+,28-,29?,30?/m1/s1. The summed E-state index contributed by atoms with van der Waals surface area (Å²) in [6, 6.07) is 0. The first-order valence-electron chi connectivity index (χ1n) is 14.5. The van der Waals surface area contributed by atoms with Gasteiger partial charge in [0.2, 0.25) is 0 Å². The molecule has 5 heteroatoms. The van der Waals surface area contributed by atoms with Crippen molar-refractivity contribution in [2.45, 2.75) is 136 Å². The first-order chi connectivity index (χ1) is 16.3. The highest BCUT2D eigenvalue weighted by molar-refractivity contribution is 5.66. The van der Waals surface area contributed by atoms with Crippen LogP contribution in [0.3, 0.4) is 0 Å². The number of hydrogen-bond donors (Lipinski definition) is 2. The number of carbonyl (C=O) groups excluding carboxylic acids is 1. The molecule has 1 saturated heterocycles. The zero-order chi connectivity index (χ0) is 25.2. The molecule has 1 aliphatic heterocycles. The minimum absolute atomic E-state index is 0.0380. The van der Waals surface area contributed by atoms with Crippen LogP contribution in [0.1, 0.15) is 106 Å². The maximum absolute atomic E-state index is 11.8. The Kier molecular flexibility index (Phi) is 5.27. The number of rotatable bonds is 3. The molecule has 2 spiro atoms. The Hall–Kier alpha value is -0.650. The SMILES string of the molecule is CC(=O)O[C@@H]([C@H]1CCC2[C@@H](CC3C4CCC5C(C)(C)[C@@H](O)CCC56CC46CC[C@@]32C)O1)C(C)(C)O. The summed E-state index contributed by atoms with van der Waals surface area (Å²) < 4.78 is 12.4. The van der Waals surface area contributed by atoms with Gasteiger partial charge in [-0.2, -0.15) is 0 Å². The van der Waals surface area contributed by atoms with Gasteiger partial charge in [-0.15, -0.1) is 0 Å². The van der Waals surface area contributed by atoms with Gasteiger partial charge < -0.3 is 19.7 Å². The predicted molar refractivity (Wildman–Crippen MR) is 133 cm³/mol. The van der Waals surface area contributed by atoms with Crippen LogP contribution in [-0.4, -0.2) is 46.2 Å². The summed E-state index contributed by atoms with van der Waals surface area (Å²) >= 11 is 0. The molecular weight excluding hydrogens is 440 g/mol. The summed E-state index contributed by atoms with van der Waals surface area (Å²) in [4.78, 5) is 11.8. The molecule has 5 saturated carbocycles. The number of aliphatic hydroxyl groups excluding tert-OH is 1. The third-order valence-corrected chi connectivity index (χ3v) is 12.9. The fraction of sp³-hybridized carbons (Fsp3) is 0.967. The summed E-state index contributed by atoms with van der Waals surface area (Å²) in [5.74, 6) is 2.37. The third kappa shape index (κ3) is 3.19. The van der Waals surface area contributed by atoms with Crippen LogP contribution in [0.4, 0.5) is 0 Å². The van der Waals surface area contributed by atoms with Crippen molar-refractivity contribution in [3.8, 4) is 0 Å².